The third-order valence-electron chi connectivity index (χ3n) is 3.97. The van der Waals surface area contributed by atoms with Crippen molar-refractivity contribution in [2.75, 3.05) is 13.1 Å². The molecular weight excluding hydrogens is 254 g/mol. The van der Waals surface area contributed by atoms with E-state index in [2.05, 4.69) is 35.0 Å². The molecule has 3 nitrogen and oxygen atoms in total. The second-order valence-electron chi connectivity index (χ2n) is 5.39. The number of fused-ring (bicyclic) bond motifs is 1. The van der Waals surface area contributed by atoms with Crippen LogP contribution in [0.1, 0.15) is 29.8 Å². The van der Waals surface area contributed by atoms with Crippen molar-refractivity contribution < 1.29 is 0 Å². The minimum Gasteiger partial charge on any atom is -0.329 e. The van der Waals surface area contributed by atoms with Crippen LogP contribution in [0.2, 0.25) is 0 Å². The van der Waals surface area contributed by atoms with Gasteiger partial charge < -0.3 is 5.73 Å². The van der Waals surface area contributed by atoms with Gasteiger partial charge in [-0.15, -0.1) is 11.3 Å². The topological polar surface area (TPSA) is 42.2 Å². The maximum absolute atomic E-state index is 5.89. The number of aryl methyl sites for hydroxylation is 1. The molecule has 2 heterocycles. The van der Waals surface area contributed by atoms with E-state index >= 15 is 0 Å². The van der Waals surface area contributed by atoms with Crippen molar-refractivity contribution in [1.29, 1.82) is 0 Å². The van der Waals surface area contributed by atoms with Crippen LogP contribution in [-0.2, 0) is 6.54 Å². The maximum atomic E-state index is 5.89. The molecule has 0 radical (unpaired) electrons. The Bertz CT molecular complexity index is 564. The van der Waals surface area contributed by atoms with Crippen LogP contribution in [0.15, 0.2) is 18.2 Å². The number of hydrogen-bond donors (Lipinski definition) is 1. The van der Waals surface area contributed by atoms with Gasteiger partial charge in [0.1, 0.15) is 0 Å². The molecule has 0 bridgehead atoms. The van der Waals surface area contributed by atoms with E-state index in [1.54, 1.807) is 11.3 Å². The fourth-order valence-electron chi connectivity index (χ4n) is 2.95. The Kier molecular flexibility index (Phi) is 3.82. The summed E-state index contributed by atoms with van der Waals surface area (Å²) >= 11 is 1.78. The van der Waals surface area contributed by atoms with Crippen LogP contribution >= 0.6 is 11.3 Å². The van der Waals surface area contributed by atoms with Crippen molar-refractivity contribution in [3.05, 3.63) is 28.8 Å². The highest BCUT2D eigenvalue weighted by Gasteiger charge is 2.21. The van der Waals surface area contributed by atoms with E-state index in [0.29, 0.717) is 6.04 Å². The summed E-state index contributed by atoms with van der Waals surface area (Å²) < 4.78 is 1.30. The van der Waals surface area contributed by atoms with Gasteiger partial charge in [0.05, 0.1) is 15.2 Å². The Morgan fingerprint density at radius 1 is 1.42 bits per heavy atom. The van der Waals surface area contributed by atoms with Gasteiger partial charge in [-0.3, -0.25) is 4.90 Å². The fraction of sp³-hybridized carbons (Fsp3) is 0.533. The van der Waals surface area contributed by atoms with E-state index in [1.165, 1.54) is 36.1 Å². The molecule has 1 saturated heterocycles. The van der Waals surface area contributed by atoms with Gasteiger partial charge in [-0.25, -0.2) is 4.98 Å². The molecule has 0 saturated carbocycles. The summed E-state index contributed by atoms with van der Waals surface area (Å²) in [6.45, 7) is 5.05. The van der Waals surface area contributed by atoms with Crippen molar-refractivity contribution in [2.45, 2.75) is 38.8 Å². The van der Waals surface area contributed by atoms with Crippen molar-refractivity contribution in [1.82, 2.24) is 9.88 Å². The van der Waals surface area contributed by atoms with Gasteiger partial charge in [0.15, 0.2) is 0 Å². The number of rotatable bonds is 3. The van der Waals surface area contributed by atoms with Crippen LogP contribution in [0.25, 0.3) is 10.2 Å². The van der Waals surface area contributed by atoms with E-state index in [1.807, 2.05) is 0 Å². The Morgan fingerprint density at radius 2 is 2.32 bits per heavy atom. The smallest absolute Gasteiger partial charge is 0.0907 e. The van der Waals surface area contributed by atoms with Gasteiger partial charge in [-0.1, -0.05) is 12.5 Å². The van der Waals surface area contributed by atoms with Crippen LogP contribution in [0.3, 0.4) is 0 Å². The standard InChI is InChI=1S/C15H21N3S/c1-11-17-14-6-5-12(8-15(14)19-11)10-18-7-3-2-4-13(18)9-16/h5-6,8,13H,2-4,7,9-10,16H2,1H3. The van der Waals surface area contributed by atoms with Crippen LogP contribution in [-0.4, -0.2) is 29.0 Å². The maximum Gasteiger partial charge on any atom is 0.0907 e. The summed E-state index contributed by atoms with van der Waals surface area (Å²) in [5.41, 5.74) is 8.40. The van der Waals surface area contributed by atoms with E-state index in [9.17, 15) is 0 Å². The Labute approximate surface area is 118 Å². The normalized spacial score (nSPS) is 21.1. The fourth-order valence-corrected chi connectivity index (χ4v) is 3.84. The highest BCUT2D eigenvalue weighted by atomic mass is 32.1. The van der Waals surface area contributed by atoms with E-state index in [-0.39, 0.29) is 0 Å². The zero-order valence-electron chi connectivity index (χ0n) is 11.4. The van der Waals surface area contributed by atoms with Crippen molar-refractivity contribution in [2.24, 2.45) is 5.73 Å². The van der Waals surface area contributed by atoms with Gasteiger partial charge in [-0.2, -0.15) is 0 Å². The average Bonchev–Trinajstić information content (AvgIpc) is 2.79. The predicted octanol–water partition coefficient (Wildman–Crippen LogP) is 2.92. The Morgan fingerprint density at radius 3 is 3.16 bits per heavy atom. The number of nitrogens with zero attached hydrogens (tertiary/aromatic N) is 2. The summed E-state index contributed by atoms with van der Waals surface area (Å²) in [4.78, 5) is 7.06. The average molecular weight is 275 g/mol. The summed E-state index contributed by atoms with van der Waals surface area (Å²) in [6.07, 6.45) is 3.88. The molecular formula is C15H21N3S. The molecule has 1 aliphatic heterocycles. The first kappa shape index (κ1) is 13.0. The number of benzene rings is 1. The summed E-state index contributed by atoms with van der Waals surface area (Å²) in [6, 6.07) is 7.22. The molecule has 0 aliphatic carbocycles. The molecule has 19 heavy (non-hydrogen) atoms. The molecule has 2 N–H and O–H groups in total. The van der Waals surface area contributed by atoms with Gasteiger partial charge in [0.2, 0.25) is 0 Å². The van der Waals surface area contributed by atoms with Gasteiger partial charge >= 0.3 is 0 Å². The minimum absolute atomic E-state index is 0.563. The number of hydrogen-bond acceptors (Lipinski definition) is 4. The third-order valence-corrected chi connectivity index (χ3v) is 4.90. The Balaban J connectivity index is 1.79. The molecule has 1 aromatic carbocycles. The lowest BCUT2D eigenvalue weighted by atomic mass is 10.0. The van der Waals surface area contributed by atoms with Crippen LogP contribution < -0.4 is 5.73 Å². The zero-order valence-corrected chi connectivity index (χ0v) is 12.2. The summed E-state index contributed by atoms with van der Waals surface area (Å²) in [7, 11) is 0. The first-order valence-electron chi connectivity index (χ1n) is 7.06. The second-order valence-corrected chi connectivity index (χ2v) is 6.63. The summed E-state index contributed by atoms with van der Waals surface area (Å²) in [5, 5.41) is 1.14. The largest absolute Gasteiger partial charge is 0.329 e. The molecule has 1 fully saturated rings. The molecule has 1 atom stereocenters. The van der Waals surface area contributed by atoms with Crippen molar-refractivity contribution in [3.63, 3.8) is 0 Å². The predicted molar refractivity (Wildman–Crippen MR) is 81.5 cm³/mol. The van der Waals surface area contributed by atoms with Gasteiger partial charge in [0.25, 0.3) is 0 Å². The molecule has 2 aromatic rings. The number of thiazole rings is 1. The van der Waals surface area contributed by atoms with Crippen LogP contribution in [0.4, 0.5) is 0 Å². The van der Waals surface area contributed by atoms with E-state index in [0.717, 1.165) is 23.6 Å². The quantitative estimate of drug-likeness (QED) is 0.936. The number of nitrogens with two attached hydrogens (primary N) is 1. The molecule has 3 rings (SSSR count). The number of aromatic nitrogens is 1. The third kappa shape index (κ3) is 2.81. The number of likely N-dealkylation sites (tertiary alicyclic amines) is 1. The van der Waals surface area contributed by atoms with Crippen molar-refractivity contribution >= 4 is 21.6 Å². The van der Waals surface area contributed by atoms with Gasteiger partial charge in [-0.05, 0) is 44.0 Å². The first-order chi connectivity index (χ1) is 9.26. The van der Waals surface area contributed by atoms with E-state index in [4.69, 9.17) is 5.73 Å². The van der Waals surface area contributed by atoms with Crippen molar-refractivity contribution in [3.8, 4) is 0 Å². The lowest BCUT2D eigenvalue weighted by molar-refractivity contribution is 0.145. The van der Waals surface area contributed by atoms with Crippen LogP contribution in [0, 0.1) is 6.92 Å². The van der Waals surface area contributed by atoms with E-state index < -0.39 is 0 Å². The number of piperidine rings is 1. The minimum atomic E-state index is 0.563. The van der Waals surface area contributed by atoms with Crippen LogP contribution in [0.5, 0.6) is 0 Å². The Hall–Kier alpha value is -0.970. The highest BCUT2D eigenvalue weighted by molar-refractivity contribution is 7.18. The molecule has 0 amide bonds. The lowest BCUT2D eigenvalue weighted by Gasteiger charge is -2.35. The molecule has 0 spiro atoms. The second kappa shape index (κ2) is 5.57. The molecule has 1 aliphatic rings. The molecule has 4 heteroatoms. The molecule has 1 aromatic heterocycles. The molecule has 102 valence electrons. The monoisotopic (exact) mass is 275 g/mol. The summed E-state index contributed by atoms with van der Waals surface area (Å²) in [5.74, 6) is 0. The highest BCUT2D eigenvalue weighted by Crippen LogP contribution is 2.25. The van der Waals surface area contributed by atoms with Gasteiger partial charge in [0, 0.05) is 19.1 Å². The SMILES string of the molecule is Cc1nc2ccc(CN3CCCCC3CN)cc2s1. The first-order valence-corrected chi connectivity index (χ1v) is 7.88. The molecule has 1 unspecified atom stereocenters. The zero-order chi connectivity index (χ0) is 13.2. The lowest BCUT2D eigenvalue weighted by Crippen LogP contribution is -2.43.